The molecule has 1 amide bonds. The van der Waals surface area contributed by atoms with Crippen LogP contribution in [-0.4, -0.2) is 30.1 Å². The Labute approximate surface area is 104 Å². The minimum atomic E-state index is -0.660. The number of halogens is 1. The quantitative estimate of drug-likeness (QED) is 0.637. The molecule has 0 heterocycles. The average molecular weight is 257 g/mol. The van der Waals surface area contributed by atoms with E-state index in [-0.39, 0.29) is 13.2 Å². The van der Waals surface area contributed by atoms with Gasteiger partial charge in [0.15, 0.2) is 0 Å². The molecule has 0 saturated carbocycles. The van der Waals surface area contributed by atoms with Gasteiger partial charge in [-0.2, -0.15) is 5.10 Å². The summed E-state index contributed by atoms with van der Waals surface area (Å²) in [6.07, 6.45) is -0.660. The van der Waals surface area contributed by atoms with E-state index < -0.39 is 6.09 Å². The minimum absolute atomic E-state index is 0.261. The predicted molar refractivity (Wildman–Crippen MR) is 65.2 cm³/mol. The Balaban J connectivity index is 2.73. The third-order valence-electron chi connectivity index (χ3n) is 1.88. The zero-order chi connectivity index (χ0) is 12.7. The van der Waals surface area contributed by atoms with Crippen LogP contribution in [0.3, 0.4) is 0 Å². The molecule has 1 aromatic carbocycles. The molecule has 0 atom stereocenters. The lowest BCUT2D eigenvalue weighted by atomic mass is 10.1. The molecule has 5 nitrogen and oxygen atoms in total. The molecule has 0 aliphatic heterocycles. The molecule has 0 radical (unpaired) electrons. The van der Waals surface area contributed by atoms with Crippen LogP contribution < -0.4 is 5.43 Å². The van der Waals surface area contributed by atoms with Crippen molar-refractivity contribution in [3.8, 4) is 0 Å². The van der Waals surface area contributed by atoms with Gasteiger partial charge in [-0.15, -0.1) is 0 Å². The van der Waals surface area contributed by atoms with Gasteiger partial charge in [0.1, 0.15) is 0 Å². The number of carbonyl (C=O) groups is 1. The number of carbonyl (C=O) groups excluding carboxylic acids is 1. The number of amides is 1. The van der Waals surface area contributed by atoms with Crippen molar-refractivity contribution < 1.29 is 14.6 Å². The highest BCUT2D eigenvalue weighted by Crippen LogP contribution is 2.10. The van der Waals surface area contributed by atoms with Crippen molar-refractivity contribution in [3.63, 3.8) is 0 Å². The molecule has 0 bridgehead atoms. The van der Waals surface area contributed by atoms with Gasteiger partial charge in [0.05, 0.1) is 18.9 Å². The second-order valence-electron chi connectivity index (χ2n) is 3.06. The monoisotopic (exact) mass is 256 g/mol. The SMILES string of the molecule is CCOC(=O)N/N=C(/CO)c1ccc(Cl)cc1. The minimum Gasteiger partial charge on any atom is -0.449 e. The molecule has 0 spiro atoms. The molecule has 0 unspecified atom stereocenters. The van der Waals surface area contributed by atoms with Gasteiger partial charge < -0.3 is 9.84 Å². The number of ether oxygens (including phenoxy) is 1. The maximum Gasteiger partial charge on any atom is 0.427 e. The number of hydrogen-bond donors (Lipinski definition) is 2. The van der Waals surface area contributed by atoms with Gasteiger partial charge >= 0.3 is 6.09 Å². The molecule has 0 aromatic heterocycles. The Bertz CT molecular complexity index is 404. The van der Waals surface area contributed by atoms with Crippen LogP contribution in [-0.2, 0) is 4.74 Å². The second-order valence-corrected chi connectivity index (χ2v) is 3.49. The second kappa shape index (κ2) is 6.88. The standard InChI is InChI=1S/C11H13ClN2O3/c1-2-17-11(16)14-13-10(7-15)8-3-5-9(12)6-4-8/h3-6,15H,2,7H2,1H3,(H,14,16)/b13-10-. The van der Waals surface area contributed by atoms with Gasteiger partial charge in [-0.25, -0.2) is 10.2 Å². The summed E-state index contributed by atoms with van der Waals surface area (Å²) in [4.78, 5) is 11.0. The number of aliphatic hydroxyl groups excluding tert-OH is 1. The lowest BCUT2D eigenvalue weighted by Crippen LogP contribution is -2.22. The zero-order valence-corrected chi connectivity index (χ0v) is 10.1. The van der Waals surface area contributed by atoms with Crippen molar-refractivity contribution in [2.24, 2.45) is 5.10 Å². The third kappa shape index (κ3) is 4.42. The van der Waals surface area contributed by atoms with Crippen molar-refractivity contribution >= 4 is 23.4 Å². The molecular weight excluding hydrogens is 244 g/mol. The predicted octanol–water partition coefficient (Wildman–Crippen LogP) is 1.78. The van der Waals surface area contributed by atoms with Crippen LogP contribution in [0.2, 0.25) is 5.02 Å². The van der Waals surface area contributed by atoms with E-state index in [0.717, 1.165) is 0 Å². The molecule has 0 saturated heterocycles. The van der Waals surface area contributed by atoms with Crippen LogP contribution in [0, 0.1) is 0 Å². The maximum absolute atomic E-state index is 11.0. The summed E-state index contributed by atoms with van der Waals surface area (Å²) in [6, 6.07) is 6.74. The van der Waals surface area contributed by atoms with Crippen LogP contribution in [0.5, 0.6) is 0 Å². The molecule has 92 valence electrons. The number of nitrogens with zero attached hydrogens (tertiary/aromatic N) is 1. The highest BCUT2D eigenvalue weighted by Gasteiger charge is 2.04. The number of hydrogen-bond acceptors (Lipinski definition) is 4. The summed E-state index contributed by atoms with van der Waals surface area (Å²) in [5, 5.41) is 13.5. The topological polar surface area (TPSA) is 70.9 Å². The molecule has 1 rings (SSSR count). The Hall–Kier alpha value is -1.59. The molecule has 0 aliphatic carbocycles. The number of aliphatic hydroxyl groups is 1. The van der Waals surface area contributed by atoms with Crippen molar-refractivity contribution in [3.05, 3.63) is 34.9 Å². The van der Waals surface area contributed by atoms with Crippen molar-refractivity contribution in [1.29, 1.82) is 0 Å². The first-order chi connectivity index (χ1) is 8.17. The van der Waals surface area contributed by atoms with E-state index in [1.165, 1.54) is 0 Å². The van der Waals surface area contributed by atoms with Gasteiger partial charge in [0.2, 0.25) is 0 Å². The lowest BCUT2D eigenvalue weighted by Gasteiger charge is -2.04. The summed E-state index contributed by atoms with van der Waals surface area (Å²) in [7, 11) is 0. The highest BCUT2D eigenvalue weighted by atomic mass is 35.5. The van der Waals surface area contributed by atoms with E-state index >= 15 is 0 Å². The van der Waals surface area contributed by atoms with Gasteiger partial charge in [0, 0.05) is 10.6 Å². The maximum atomic E-state index is 11.0. The Morgan fingerprint density at radius 2 is 2.12 bits per heavy atom. The first-order valence-electron chi connectivity index (χ1n) is 5.03. The molecule has 6 heteroatoms. The van der Waals surface area contributed by atoms with E-state index in [1.807, 2.05) is 0 Å². The van der Waals surface area contributed by atoms with Crippen LogP contribution in [0.15, 0.2) is 29.4 Å². The van der Waals surface area contributed by atoms with Gasteiger partial charge in [-0.05, 0) is 19.1 Å². The first kappa shape index (κ1) is 13.5. The van der Waals surface area contributed by atoms with Crippen molar-refractivity contribution in [1.82, 2.24) is 5.43 Å². The van der Waals surface area contributed by atoms with Gasteiger partial charge in [0.25, 0.3) is 0 Å². The first-order valence-corrected chi connectivity index (χ1v) is 5.41. The van der Waals surface area contributed by atoms with Gasteiger partial charge in [-0.3, -0.25) is 0 Å². The summed E-state index contributed by atoms with van der Waals surface area (Å²) in [6.45, 7) is 1.65. The summed E-state index contributed by atoms with van der Waals surface area (Å²) >= 11 is 5.74. The Morgan fingerprint density at radius 3 is 2.65 bits per heavy atom. The smallest absolute Gasteiger partial charge is 0.427 e. The van der Waals surface area contributed by atoms with Crippen LogP contribution >= 0.6 is 11.6 Å². The van der Waals surface area contributed by atoms with Crippen LogP contribution in [0.1, 0.15) is 12.5 Å². The molecular formula is C11H13ClN2O3. The van der Waals surface area contributed by atoms with Crippen molar-refractivity contribution in [2.45, 2.75) is 6.92 Å². The third-order valence-corrected chi connectivity index (χ3v) is 2.14. The lowest BCUT2D eigenvalue weighted by molar-refractivity contribution is 0.152. The molecule has 0 fully saturated rings. The summed E-state index contributed by atoms with van der Waals surface area (Å²) in [5.41, 5.74) is 3.18. The number of nitrogens with one attached hydrogen (secondary N) is 1. The molecule has 2 N–H and O–H groups in total. The normalized spacial score (nSPS) is 11.1. The highest BCUT2D eigenvalue weighted by molar-refractivity contribution is 6.30. The average Bonchev–Trinajstić information content (AvgIpc) is 2.32. The Morgan fingerprint density at radius 1 is 1.47 bits per heavy atom. The van der Waals surface area contributed by atoms with E-state index in [1.54, 1.807) is 31.2 Å². The van der Waals surface area contributed by atoms with E-state index in [2.05, 4.69) is 15.3 Å². The van der Waals surface area contributed by atoms with Crippen LogP contribution in [0.4, 0.5) is 4.79 Å². The van der Waals surface area contributed by atoms with Gasteiger partial charge in [-0.1, -0.05) is 23.7 Å². The van der Waals surface area contributed by atoms with Crippen LogP contribution in [0.25, 0.3) is 0 Å². The van der Waals surface area contributed by atoms with E-state index in [4.69, 9.17) is 16.7 Å². The van der Waals surface area contributed by atoms with E-state index in [0.29, 0.717) is 16.3 Å². The molecule has 0 aliphatic rings. The van der Waals surface area contributed by atoms with Crippen molar-refractivity contribution in [2.75, 3.05) is 13.2 Å². The fourth-order valence-corrected chi connectivity index (χ4v) is 1.24. The largest absolute Gasteiger partial charge is 0.449 e. The molecule has 17 heavy (non-hydrogen) atoms. The molecule has 1 aromatic rings. The summed E-state index contributed by atoms with van der Waals surface area (Å²) in [5.74, 6) is 0. The number of hydrazone groups is 1. The zero-order valence-electron chi connectivity index (χ0n) is 9.31. The Kier molecular flexibility index (Phi) is 5.45. The number of rotatable bonds is 4. The fraction of sp³-hybridized carbons (Fsp3) is 0.273. The fourth-order valence-electron chi connectivity index (χ4n) is 1.11. The number of benzene rings is 1. The van der Waals surface area contributed by atoms with E-state index in [9.17, 15) is 4.79 Å². The summed E-state index contributed by atoms with van der Waals surface area (Å²) < 4.78 is 4.63.